The van der Waals surface area contributed by atoms with Gasteiger partial charge < -0.3 is 5.11 Å². The Bertz CT molecular complexity index is 584. The van der Waals surface area contributed by atoms with Gasteiger partial charge in [-0.25, -0.2) is 4.90 Å². The second kappa shape index (κ2) is 4.33. The fraction of sp³-hybridized carbons (Fsp3) is 0.500. The SMILES string of the molecule is Cc1cc(N2C(=O)C3CC(C)CC3C2=O)c(C)cc1O. The molecule has 1 aromatic rings. The molecule has 2 amide bonds. The maximum atomic E-state index is 12.5. The number of rotatable bonds is 1. The Morgan fingerprint density at radius 1 is 1.05 bits per heavy atom. The summed E-state index contributed by atoms with van der Waals surface area (Å²) in [4.78, 5) is 26.4. The van der Waals surface area contributed by atoms with Crippen LogP contribution < -0.4 is 4.90 Å². The molecule has 4 nitrogen and oxygen atoms in total. The summed E-state index contributed by atoms with van der Waals surface area (Å²) in [5.41, 5.74) is 2.05. The number of benzene rings is 1. The van der Waals surface area contributed by atoms with E-state index in [1.165, 1.54) is 4.90 Å². The minimum absolute atomic E-state index is 0.0717. The molecule has 2 atom stereocenters. The summed E-state index contributed by atoms with van der Waals surface area (Å²) in [6.07, 6.45) is 1.61. The van der Waals surface area contributed by atoms with Crippen molar-refractivity contribution < 1.29 is 14.7 Å². The van der Waals surface area contributed by atoms with Crippen molar-refractivity contribution in [2.24, 2.45) is 17.8 Å². The van der Waals surface area contributed by atoms with Gasteiger partial charge >= 0.3 is 0 Å². The first kappa shape index (κ1) is 13.2. The smallest absolute Gasteiger partial charge is 0.237 e. The normalized spacial score (nSPS) is 29.1. The fourth-order valence-electron chi connectivity index (χ4n) is 3.54. The first-order chi connectivity index (χ1) is 9.40. The lowest BCUT2D eigenvalue weighted by Gasteiger charge is -2.20. The van der Waals surface area contributed by atoms with Gasteiger partial charge in [-0.15, -0.1) is 0 Å². The molecular formula is C16H19NO3. The van der Waals surface area contributed by atoms with Gasteiger partial charge in [-0.05, 0) is 55.9 Å². The van der Waals surface area contributed by atoms with Crippen LogP contribution in [0.25, 0.3) is 0 Å². The maximum absolute atomic E-state index is 12.5. The van der Waals surface area contributed by atoms with E-state index >= 15 is 0 Å². The molecule has 1 N–H and O–H groups in total. The van der Waals surface area contributed by atoms with Crippen molar-refractivity contribution in [1.82, 2.24) is 0 Å². The average Bonchev–Trinajstić information content (AvgIpc) is 2.85. The number of hydrogen-bond acceptors (Lipinski definition) is 3. The van der Waals surface area contributed by atoms with Gasteiger partial charge in [0.1, 0.15) is 5.75 Å². The summed E-state index contributed by atoms with van der Waals surface area (Å²) in [7, 11) is 0. The molecule has 1 saturated heterocycles. The van der Waals surface area contributed by atoms with Gasteiger partial charge in [0, 0.05) is 0 Å². The van der Waals surface area contributed by atoms with Crippen molar-refractivity contribution >= 4 is 17.5 Å². The Balaban J connectivity index is 2.02. The molecule has 20 heavy (non-hydrogen) atoms. The molecule has 0 radical (unpaired) electrons. The number of carbonyl (C=O) groups is 2. The van der Waals surface area contributed by atoms with E-state index in [0.717, 1.165) is 18.4 Å². The molecule has 106 valence electrons. The number of hydrogen-bond donors (Lipinski definition) is 1. The van der Waals surface area contributed by atoms with Crippen molar-refractivity contribution in [3.05, 3.63) is 23.3 Å². The summed E-state index contributed by atoms with van der Waals surface area (Å²) in [5.74, 6) is 0.203. The van der Waals surface area contributed by atoms with Gasteiger partial charge in [0.15, 0.2) is 0 Å². The van der Waals surface area contributed by atoms with Gasteiger partial charge in [0.2, 0.25) is 11.8 Å². The van der Waals surface area contributed by atoms with E-state index in [4.69, 9.17) is 0 Å². The zero-order chi connectivity index (χ0) is 14.6. The first-order valence-electron chi connectivity index (χ1n) is 7.08. The predicted molar refractivity (Wildman–Crippen MR) is 75.5 cm³/mol. The first-order valence-corrected chi connectivity index (χ1v) is 7.08. The van der Waals surface area contributed by atoms with E-state index < -0.39 is 0 Å². The van der Waals surface area contributed by atoms with E-state index in [1.54, 1.807) is 19.1 Å². The Hall–Kier alpha value is -1.84. The zero-order valence-corrected chi connectivity index (χ0v) is 12.0. The number of nitrogens with zero attached hydrogens (tertiary/aromatic N) is 1. The highest BCUT2D eigenvalue weighted by Gasteiger charge is 2.52. The summed E-state index contributed by atoms with van der Waals surface area (Å²) >= 11 is 0. The topological polar surface area (TPSA) is 57.6 Å². The summed E-state index contributed by atoms with van der Waals surface area (Å²) in [6.45, 7) is 5.68. The molecule has 2 unspecified atom stereocenters. The van der Waals surface area contributed by atoms with Crippen molar-refractivity contribution in [2.45, 2.75) is 33.6 Å². The van der Waals surface area contributed by atoms with Gasteiger partial charge in [0.05, 0.1) is 17.5 Å². The minimum Gasteiger partial charge on any atom is -0.508 e. The standard InChI is InChI=1S/C16H19NO3/c1-8-4-11-12(5-8)16(20)17(15(11)19)13-6-10(3)14(18)7-9(13)2/h6-8,11-12,18H,4-5H2,1-3H3. The molecule has 1 saturated carbocycles. The molecule has 0 aromatic heterocycles. The van der Waals surface area contributed by atoms with Gasteiger partial charge in [-0.3, -0.25) is 9.59 Å². The molecule has 1 aliphatic carbocycles. The van der Waals surface area contributed by atoms with Crippen LogP contribution in [-0.2, 0) is 9.59 Å². The lowest BCUT2D eigenvalue weighted by atomic mass is 10.00. The Morgan fingerprint density at radius 3 is 2.15 bits per heavy atom. The Morgan fingerprint density at radius 2 is 1.60 bits per heavy atom. The maximum Gasteiger partial charge on any atom is 0.237 e. The van der Waals surface area contributed by atoms with Crippen molar-refractivity contribution in [2.75, 3.05) is 4.90 Å². The summed E-state index contributed by atoms with van der Waals surface area (Å²) < 4.78 is 0. The van der Waals surface area contributed by atoms with E-state index in [1.807, 2.05) is 6.92 Å². The monoisotopic (exact) mass is 273 g/mol. The van der Waals surface area contributed by atoms with E-state index in [-0.39, 0.29) is 29.4 Å². The molecule has 0 bridgehead atoms. The molecule has 2 aliphatic rings. The molecule has 1 aromatic carbocycles. The predicted octanol–water partition coefficient (Wildman–Crippen LogP) is 2.54. The Kier molecular flexibility index (Phi) is 2.85. The molecule has 3 rings (SSSR count). The largest absolute Gasteiger partial charge is 0.508 e. The van der Waals surface area contributed by atoms with Crippen LogP contribution in [0.15, 0.2) is 12.1 Å². The molecule has 2 fully saturated rings. The second-order valence-electron chi connectivity index (χ2n) is 6.23. The number of aromatic hydroxyl groups is 1. The van der Waals surface area contributed by atoms with Crippen LogP contribution in [0, 0.1) is 31.6 Å². The van der Waals surface area contributed by atoms with Crippen LogP contribution in [0.3, 0.4) is 0 Å². The fourth-order valence-corrected chi connectivity index (χ4v) is 3.54. The van der Waals surface area contributed by atoms with Crippen LogP contribution in [0.5, 0.6) is 5.75 Å². The van der Waals surface area contributed by atoms with E-state index in [0.29, 0.717) is 17.2 Å². The molecule has 1 heterocycles. The second-order valence-corrected chi connectivity index (χ2v) is 6.23. The summed E-state index contributed by atoms with van der Waals surface area (Å²) in [5, 5.41) is 9.71. The van der Waals surface area contributed by atoms with E-state index in [2.05, 4.69) is 6.92 Å². The van der Waals surface area contributed by atoms with Gasteiger partial charge in [-0.2, -0.15) is 0 Å². The van der Waals surface area contributed by atoms with Crippen molar-refractivity contribution in [1.29, 1.82) is 0 Å². The number of carbonyl (C=O) groups excluding carboxylic acids is 2. The third-order valence-corrected chi connectivity index (χ3v) is 4.63. The zero-order valence-electron chi connectivity index (χ0n) is 12.0. The third kappa shape index (κ3) is 1.74. The van der Waals surface area contributed by atoms with Crippen LogP contribution in [0.1, 0.15) is 30.9 Å². The van der Waals surface area contributed by atoms with Gasteiger partial charge in [-0.1, -0.05) is 6.92 Å². The number of phenols is 1. The molecule has 1 aliphatic heterocycles. The van der Waals surface area contributed by atoms with E-state index in [9.17, 15) is 14.7 Å². The highest BCUT2D eigenvalue weighted by molar-refractivity contribution is 6.22. The molecule has 0 spiro atoms. The van der Waals surface area contributed by atoms with Crippen LogP contribution in [0.2, 0.25) is 0 Å². The average molecular weight is 273 g/mol. The summed E-state index contributed by atoms with van der Waals surface area (Å²) in [6, 6.07) is 3.34. The highest BCUT2D eigenvalue weighted by Crippen LogP contribution is 2.45. The van der Waals surface area contributed by atoms with Crippen molar-refractivity contribution in [3.63, 3.8) is 0 Å². The number of anilines is 1. The molecular weight excluding hydrogens is 254 g/mol. The number of imide groups is 1. The third-order valence-electron chi connectivity index (χ3n) is 4.63. The number of fused-ring (bicyclic) bond motifs is 1. The van der Waals surface area contributed by atoms with Crippen LogP contribution in [-0.4, -0.2) is 16.9 Å². The van der Waals surface area contributed by atoms with Crippen LogP contribution in [0.4, 0.5) is 5.69 Å². The lowest BCUT2D eigenvalue weighted by molar-refractivity contribution is -0.123. The highest BCUT2D eigenvalue weighted by atomic mass is 16.3. The number of amides is 2. The minimum atomic E-state index is -0.147. The Labute approximate surface area is 118 Å². The van der Waals surface area contributed by atoms with Crippen LogP contribution >= 0.6 is 0 Å². The lowest BCUT2D eigenvalue weighted by Crippen LogP contribution is -2.32. The molecule has 4 heteroatoms. The number of phenolic OH excluding ortho intramolecular Hbond substituents is 1. The van der Waals surface area contributed by atoms with Gasteiger partial charge in [0.25, 0.3) is 0 Å². The number of aryl methyl sites for hydroxylation is 2. The van der Waals surface area contributed by atoms with Crippen molar-refractivity contribution in [3.8, 4) is 5.75 Å². The quantitative estimate of drug-likeness (QED) is 0.800.